The first kappa shape index (κ1) is 28.2. The van der Waals surface area contributed by atoms with E-state index in [1.54, 1.807) is 98.2 Å². The molecule has 2 heterocycles. The zero-order valence-corrected chi connectivity index (χ0v) is 23.7. The molecule has 4 rings (SSSR count). The van der Waals surface area contributed by atoms with E-state index in [2.05, 4.69) is 10.3 Å². The van der Waals surface area contributed by atoms with Crippen molar-refractivity contribution in [1.82, 2.24) is 9.88 Å². The Hall–Kier alpha value is -3.82. The molecule has 0 radical (unpaired) electrons. The van der Waals surface area contributed by atoms with Gasteiger partial charge in [0.05, 0.1) is 23.6 Å². The highest BCUT2D eigenvalue weighted by Gasteiger charge is 2.34. The number of hydrogen-bond donors (Lipinski definition) is 1. The van der Waals surface area contributed by atoms with Crippen molar-refractivity contribution in [2.45, 2.75) is 45.9 Å². The number of nitrogens with zero attached hydrogens (tertiary/aromatic N) is 4. The van der Waals surface area contributed by atoms with Crippen LogP contribution in [0.3, 0.4) is 0 Å². The fourth-order valence-corrected chi connectivity index (χ4v) is 4.14. The van der Waals surface area contributed by atoms with Gasteiger partial charge >= 0.3 is 12.1 Å². The summed E-state index contributed by atoms with van der Waals surface area (Å²) in [4.78, 5) is 48.1. The van der Waals surface area contributed by atoms with E-state index < -0.39 is 23.6 Å². The van der Waals surface area contributed by atoms with Gasteiger partial charge < -0.3 is 10.1 Å². The van der Waals surface area contributed by atoms with Gasteiger partial charge in [-0.2, -0.15) is 0 Å². The number of aromatic nitrogens is 1. The summed E-state index contributed by atoms with van der Waals surface area (Å²) in [5, 5.41) is 3.86. The maximum absolute atomic E-state index is 13.7. The zero-order chi connectivity index (χ0) is 28.5. The second kappa shape index (κ2) is 11.1. The maximum atomic E-state index is 13.7. The minimum atomic E-state index is -0.824. The van der Waals surface area contributed by atoms with E-state index in [0.29, 0.717) is 32.8 Å². The Balaban J connectivity index is 1.63. The number of hydrogen-bond acceptors (Lipinski definition) is 5. The average molecular weight is 570 g/mol. The van der Waals surface area contributed by atoms with Gasteiger partial charge in [0.25, 0.3) is 0 Å². The van der Waals surface area contributed by atoms with E-state index in [1.165, 1.54) is 11.9 Å². The molecular formula is C28H29Cl2N5O4. The molecule has 39 heavy (non-hydrogen) atoms. The van der Waals surface area contributed by atoms with Crippen LogP contribution >= 0.6 is 23.2 Å². The van der Waals surface area contributed by atoms with Crippen LogP contribution in [0.1, 0.15) is 33.4 Å². The SMILES string of the molecule is C[C@@H](C(=O)Nc1ccc2c(n1)CN(c1ccc(Cl)cc1)C(=O)N2c1ccc(Cl)cc1)N(C)C(=O)OC(C)(C)C. The number of fused-ring (bicyclic) bond motifs is 1. The highest BCUT2D eigenvalue weighted by molar-refractivity contribution is 6.31. The number of pyridine rings is 1. The highest BCUT2D eigenvalue weighted by atomic mass is 35.5. The van der Waals surface area contributed by atoms with Crippen molar-refractivity contribution in [3.8, 4) is 0 Å². The van der Waals surface area contributed by atoms with Crippen LogP contribution in [0.2, 0.25) is 10.0 Å². The van der Waals surface area contributed by atoms with Crippen LogP contribution in [0.4, 0.5) is 32.5 Å². The summed E-state index contributed by atoms with van der Waals surface area (Å²) in [5.41, 5.74) is 1.69. The number of anilines is 4. The summed E-state index contributed by atoms with van der Waals surface area (Å²) >= 11 is 12.1. The average Bonchev–Trinajstić information content (AvgIpc) is 2.88. The molecule has 1 aliphatic heterocycles. The largest absolute Gasteiger partial charge is 0.444 e. The van der Waals surface area contributed by atoms with Gasteiger partial charge in [-0.3, -0.25) is 19.5 Å². The normalized spacial score (nSPS) is 14.0. The fraction of sp³-hybridized carbons (Fsp3) is 0.286. The van der Waals surface area contributed by atoms with Crippen LogP contribution in [0, 0.1) is 0 Å². The molecular weight excluding hydrogens is 541 g/mol. The molecule has 0 spiro atoms. The molecule has 0 fully saturated rings. The maximum Gasteiger partial charge on any atom is 0.410 e. The molecule has 4 amide bonds. The number of halogens is 2. The third-order valence-electron chi connectivity index (χ3n) is 6.04. The molecule has 0 bridgehead atoms. The lowest BCUT2D eigenvalue weighted by Crippen LogP contribution is -2.46. The van der Waals surface area contributed by atoms with Crippen LogP contribution in [-0.4, -0.2) is 46.6 Å². The first-order valence-corrected chi connectivity index (χ1v) is 13.0. The number of carbonyl (C=O) groups excluding carboxylic acids is 3. The van der Waals surface area contributed by atoms with Crippen molar-refractivity contribution >= 4 is 64.1 Å². The van der Waals surface area contributed by atoms with Crippen molar-refractivity contribution in [2.24, 2.45) is 0 Å². The molecule has 1 atom stereocenters. The topological polar surface area (TPSA) is 95.1 Å². The predicted molar refractivity (Wildman–Crippen MR) is 153 cm³/mol. The summed E-state index contributed by atoms with van der Waals surface area (Å²) in [6.07, 6.45) is -0.612. The molecule has 0 saturated carbocycles. The summed E-state index contributed by atoms with van der Waals surface area (Å²) in [6.45, 7) is 7.03. The van der Waals surface area contributed by atoms with Crippen molar-refractivity contribution in [3.63, 3.8) is 0 Å². The van der Waals surface area contributed by atoms with Crippen LogP contribution in [0.5, 0.6) is 0 Å². The number of likely N-dealkylation sites (N-methyl/N-ethyl adjacent to an activating group) is 1. The number of nitrogens with one attached hydrogen (secondary N) is 1. The molecule has 204 valence electrons. The van der Waals surface area contributed by atoms with Crippen molar-refractivity contribution in [1.29, 1.82) is 0 Å². The minimum Gasteiger partial charge on any atom is -0.444 e. The van der Waals surface area contributed by atoms with Gasteiger partial charge in [0.15, 0.2) is 0 Å². The van der Waals surface area contributed by atoms with Crippen molar-refractivity contribution < 1.29 is 19.1 Å². The number of amides is 4. The third kappa shape index (κ3) is 6.43. The number of rotatable bonds is 5. The lowest BCUT2D eigenvalue weighted by Gasteiger charge is -2.36. The number of urea groups is 1. The first-order valence-electron chi connectivity index (χ1n) is 12.2. The van der Waals surface area contributed by atoms with Crippen LogP contribution < -0.4 is 15.1 Å². The molecule has 2 aromatic carbocycles. The molecule has 0 unspecified atom stereocenters. The first-order chi connectivity index (χ1) is 18.3. The van der Waals surface area contributed by atoms with Gasteiger partial charge in [0.2, 0.25) is 5.91 Å². The van der Waals surface area contributed by atoms with E-state index in [0.717, 1.165) is 0 Å². The van der Waals surface area contributed by atoms with E-state index in [9.17, 15) is 14.4 Å². The monoisotopic (exact) mass is 569 g/mol. The fourth-order valence-electron chi connectivity index (χ4n) is 3.89. The third-order valence-corrected chi connectivity index (χ3v) is 6.54. The standard InChI is InChI=1S/C28H29Cl2N5O4/c1-17(33(5)27(38)39-28(2,3)4)25(36)32-24-15-14-23-22(31-24)16-34(20-10-6-18(29)7-11-20)26(37)35(23)21-12-8-19(30)9-13-21/h6-15,17H,16H2,1-5H3,(H,31,32,36)/t17-/m0/s1. The van der Waals surface area contributed by atoms with Gasteiger partial charge in [-0.05, 0) is 88.4 Å². The second-order valence-electron chi connectivity index (χ2n) is 10.1. The van der Waals surface area contributed by atoms with Crippen LogP contribution in [0.15, 0.2) is 60.7 Å². The zero-order valence-electron chi connectivity index (χ0n) is 22.2. The van der Waals surface area contributed by atoms with Crippen molar-refractivity contribution in [2.75, 3.05) is 22.2 Å². The molecule has 3 aromatic rings. The minimum absolute atomic E-state index is 0.164. The van der Waals surface area contributed by atoms with Crippen LogP contribution in [0.25, 0.3) is 0 Å². The predicted octanol–water partition coefficient (Wildman–Crippen LogP) is 6.86. The Morgan fingerprint density at radius 3 is 2.10 bits per heavy atom. The van der Waals surface area contributed by atoms with Gasteiger partial charge in [0.1, 0.15) is 17.5 Å². The summed E-state index contributed by atoms with van der Waals surface area (Å²) < 4.78 is 5.36. The van der Waals surface area contributed by atoms with Gasteiger partial charge in [0, 0.05) is 22.8 Å². The molecule has 11 heteroatoms. The van der Waals surface area contributed by atoms with Gasteiger partial charge in [-0.1, -0.05) is 23.2 Å². The van der Waals surface area contributed by atoms with Crippen molar-refractivity contribution in [3.05, 3.63) is 76.4 Å². The second-order valence-corrected chi connectivity index (χ2v) is 10.9. The summed E-state index contributed by atoms with van der Waals surface area (Å²) in [6, 6.07) is 16.1. The Morgan fingerprint density at radius 1 is 0.974 bits per heavy atom. The lowest BCUT2D eigenvalue weighted by atomic mass is 10.1. The molecule has 1 aliphatic rings. The van der Waals surface area contributed by atoms with E-state index in [1.807, 2.05) is 0 Å². The van der Waals surface area contributed by atoms with E-state index in [-0.39, 0.29) is 18.4 Å². The number of benzene rings is 2. The summed E-state index contributed by atoms with van der Waals surface area (Å²) in [5.74, 6) is -0.156. The van der Waals surface area contributed by atoms with E-state index >= 15 is 0 Å². The molecule has 9 nitrogen and oxygen atoms in total. The Kier molecular flexibility index (Phi) is 8.04. The van der Waals surface area contributed by atoms with Crippen LogP contribution in [-0.2, 0) is 16.1 Å². The highest BCUT2D eigenvalue weighted by Crippen LogP contribution is 2.37. The molecule has 0 aliphatic carbocycles. The molecule has 1 aromatic heterocycles. The number of carbonyl (C=O) groups is 3. The van der Waals surface area contributed by atoms with Gasteiger partial charge in [-0.25, -0.2) is 14.6 Å². The molecule has 1 N–H and O–H groups in total. The summed E-state index contributed by atoms with van der Waals surface area (Å²) in [7, 11) is 1.50. The Morgan fingerprint density at radius 2 is 1.54 bits per heavy atom. The Bertz CT molecular complexity index is 1390. The lowest BCUT2D eigenvalue weighted by molar-refractivity contribution is -0.120. The Labute approximate surface area is 237 Å². The van der Waals surface area contributed by atoms with Gasteiger partial charge in [-0.15, -0.1) is 0 Å². The smallest absolute Gasteiger partial charge is 0.410 e. The number of ether oxygens (including phenoxy) is 1. The molecule has 0 saturated heterocycles. The quantitative estimate of drug-likeness (QED) is 0.362. The van der Waals surface area contributed by atoms with E-state index in [4.69, 9.17) is 27.9 Å².